The van der Waals surface area contributed by atoms with Gasteiger partial charge in [0, 0.05) is 6.42 Å². The minimum atomic E-state index is -0.603. The van der Waals surface area contributed by atoms with E-state index in [-0.39, 0.29) is 11.8 Å². The molecule has 0 spiro atoms. The lowest BCUT2D eigenvalue weighted by Gasteiger charge is -2.24. The molecule has 0 aromatic heterocycles. The highest BCUT2D eigenvalue weighted by molar-refractivity contribution is 5.48. The van der Waals surface area contributed by atoms with Crippen LogP contribution in [0.25, 0.3) is 0 Å². The zero-order valence-corrected chi connectivity index (χ0v) is 16.6. The van der Waals surface area contributed by atoms with Crippen molar-refractivity contribution in [2.45, 2.75) is 76.1 Å². The molecular weight excluding hydrogens is 359 g/mol. The summed E-state index contributed by atoms with van der Waals surface area (Å²) in [5, 5.41) is 30.7. The van der Waals surface area contributed by atoms with Crippen molar-refractivity contribution in [2.75, 3.05) is 0 Å². The van der Waals surface area contributed by atoms with Crippen molar-refractivity contribution in [3.63, 3.8) is 0 Å². The molecule has 158 valence electrons. The lowest BCUT2D eigenvalue weighted by molar-refractivity contribution is -0.107. The van der Waals surface area contributed by atoms with Crippen LogP contribution in [0, 0.1) is 11.8 Å². The molecule has 0 radical (unpaired) electrons. The van der Waals surface area contributed by atoms with Crippen LogP contribution in [0.3, 0.4) is 0 Å². The Morgan fingerprint density at radius 1 is 0.857 bits per heavy atom. The Bertz CT molecular complexity index is 527. The van der Waals surface area contributed by atoms with Gasteiger partial charge >= 0.3 is 0 Å². The Balaban J connectivity index is 2.36. The number of hydrogen-bond acceptors (Lipinski definition) is 4. The first-order valence-electron chi connectivity index (χ1n) is 10.3. The number of rotatable bonds is 14. The molecule has 1 saturated carbocycles. The molecule has 4 nitrogen and oxygen atoms in total. The van der Waals surface area contributed by atoms with E-state index in [4.69, 9.17) is 0 Å². The van der Waals surface area contributed by atoms with Gasteiger partial charge in [0.2, 0.25) is 0 Å². The van der Waals surface area contributed by atoms with Crippen molar-refractivity contribution < 1.29 is 24.5 Å². The summed E-state index contributed by atoms with van der Waals surface area (Å²) < 4.78 is 11.8. The predicted molar refractivity (Wildman–Crippen MR) is 110 cm³/mol. The van der Waals surface area contributed by atoms with Crippen LogP contribution in [0.1, 0.15) is 57.8 Å². The number of aliphatic hydroxyl groups excluding tert-OH is 3. The third-order valence-electron chi connectivity index (χ3n) is 5.39. The third kappa shape index (κ3) is 10.1. The molecule has 1 aliphatic rings. The molecule has 0 amide bonds. The predicted octanol–water partition coefficient (Wildman–Crippen LogP) is 4.18. The first-order chi connectivity index (χ1) is 13.6. The van der Waals surface area contributed by atoms with Gasteiger partial charge in [-0.05, 0) is 50.0 Å². The van der Waals surface area contributed by atoms with E-state index in [1.54, 1.807) is 36.5 Å². The normalized spacial score (nSPS) is 27.0. The van der Waals surface area contributed by atoms with Crippen LogP contribution in [0.15, 0.2) is 48.9 Å². The molecule has 1 rings (SSSR count). The van der Waals surface area contributed by atoms with E-state index in [0.717, 1.165) is 38.4 Å². The number of aliphatic hydroxyl groups is 3. The fourth-order valence-corrected chi connectivity index (χ4v) is 3.89. The van der Waals surface area contributed by atoms with Crippen molar-refractivity contribution in [3.05, 3.63) is 48.9 Å². The molecule has 0 saturated heterocycles. The third-order valence-corrected chi connectivity index (χ3v) is 5.39. The van der Waals surface area contributed by atoms with Gasteiger partial charge in [0.05, 0.1) is 24.6 Å². The standard InChI is InChI=1S/C23H35FO4/c24-16-10-6-2-1-4-8-12-19(26)14-15-21-20(22(27)18-23(21)28)13-9-5-3-7-11-17-25/h1-2,4,6,8,10,12,16-17,19-23,26-28H,3,5,7,9,11,13-15,18H2/b4-1+,6-2-,12-8-,16-10+/t19?,20-,21-,22+,23-/m1/s1. The fraction of sp³-hybridized carbons (Fsp3) is 0.609. The average molecular weight is 395 g/mol. The maximum absolute atomic E-state index is 11.8. The summed E-state index contributed by atoms with van der Waals surface area (Å²) in [5.41, 5.74) is 0. The number of aldehydes is 1. The topological polar surface area (TPSA) is 77.8 Å². The van der Waals surface area contributed by atoms with Crippen LogP contribution in [-0.4, -0.2) is 39.9 Å². The van der Waals surface area contributed by atoms with Gasteiger partial charge in [-0.15, -0.1) is 0 Å². The van der Waals surface area contributed by atoms with Gasteiger partial charge in [0.1, 0.15) is 6.29 Å². The fourth-order valence-electron chi connectivity index (χ4n) is 3.89. The molecule has 1 fully saturated rings. The lowest BCUT2D eigenvalue weighted by Crippen LogP contribution is -2.23. The molecular formula is C23H35FO4. The SMILES string of the molecule is O=CCCCCCC[C@@H]1[C@@H](CCC(O)\C=C/C=C/C=C\C=C\F)[C@H](O)C[C@@H]1O. The van der Waals surface area contributed by atoms with Crippen LogP contribution < -0.4 is 0 Å². The highest BCUT2D eigenvalue weighted by Crippen LogP contribution is 2.39. The summed E-state index contributed by atoms with van der Waals surface area (Å²) in [7, 11) is 0. The lowest BCUT2D eigenvalue weighted by atomic mass is 9.85. The molecule has 28 heavy (non-hydrogen) atoms. The summed E-state index contributed by atoms with van der Waals surface area (Å²) in [5.74, 6) is 0.0878. The molecule has 5 heteroatoms. The van der Waals surface area contributed by atoms with Crippen LogP contribution in [0.5, 0.6) is 0 Å². The second-order valence-electron chi connectivity index (χ2n) is 7.47. The molecule has 1 unspecified atom stereocenters. The number of halogens is 1. The monoisotopic (exact) mass is 394 g/mol. The molecule has 1 aliphatic carbocycles. The van der Waals surface area contributed by atoms with Crippen LogP contribution in [-0.2, 0) is 4.79 Å². The van der Waals surface area contributed by atoms with Crippen molar-refractivity contribution in [1.82, 2.24) is 0 Å². The maximum Gasteiger partial charge on any atom is 0.119 e. The Labute approximate surface area is 168 Å². The van der Waals surface area contributed by atoms with E-state index in [2.05, 4.69) is 0 Å². The Kier molecular flexibility index (Phi) is 13.4. The first kappa shape index (κ1) is 24.5. The highest BCUT2D eigenvalue weighted by atomic mass is 19.1. The van der Waals surface area contributed by atoms with Gasteiger partial charge in [-0.25, -0.2) is 4.39 Å². The number of carbonyl (C=O) groups excluding carboxylic acids is 1. The van der Waals surface area contributed by atoms with Crippen LogP contribution in [0.4, 0.5) is 4.39 Å². The van der Waals surface area contributed by atoms with Crippen molar-refractivity contribution in [3.8, 4) is 0 Å². The van der Waals surface area contributed by atoms with E-state index in [9.17, 15) is 24.5 Å². The summed E-state index contributed by atoms with van der Waals surface area (Å²) in [6, 6.07) is 0. The van der Waals surface area contributed by atoms with E-state index in [1.165, 1.54) is 6.08 Å². The Hall–Kier alpha value is -1.56. The molecule has 0 aliphatic heterocycles. The van der Waals surface area contributed by atoms with Crippen LogP contribution in [0.2, 0.25) is 0 Å². The minimum absolute atomic E-state index is 0.0130. The van der Waals surface area contributed by atoms with Crippen molar-refractivity contribution in [1.29, 1.82) is 0 Å². The Morgan fingerprint density at radius 2 is 1.46 bits per heavy atom. The quantitative estimate of drug-likeness (QED) is 0.235. The first-order valence-corrected chi connectivity index (χ1v) is 10.3. The van der Waals surface area contributed by atoms with Gasteiger partial charge in [0.15, 0.2) is 0 Å². The van der Waals surface area contributed by atoms with E-state index < -0.39 is 18.3 Å². The number of allylic oxidation sites excluding steroid dienone is 6. The van der Waals surface area contributed by atoms with Crippen molar-refractivity contribution in [2.24, 2.45) is 11.8 Å². The number of carbonyl (C=O) groups is 1. The van der Waals surface area contributed by atoms with Gasteiger partial charge in [0.25, 0.3) is 0 Å². The summed E-state index contributed by atoms with van der Waals surface area (Å²) >= 11 is 0. The molecule has 0 aromatic carbocycles. The summed E-state index contributed by atoms with van der Waals surface area (Å²) in [6.07, 6.45) is 18.3. The van der Waals surface area contributed by atoms with Gasteiger partial charge in [-0.1, -0.05) is 55.7 Å². The second kappa shape index (κ2) is 15.4. The van der Waals surface area contributed by atoms with Gasteiger partial charge in [-0.3, -0.25) is 0 Å². The average Bonchev–Trinajstić information content (AvgIpc) is 2.94. The second-order valence-corrected chi connectivity index (χ2v) is 7.47. The molecule has 5 atom stereocenters. The molecule has 0 bridgehead atoms. The summed E-state index contributed by atoms with van der Waals surface area (Å²) in [6.45, 7) is 0. The molecule has 3 N–H and O–H groups in total. The molecule has 0 heterocycles. The van der Waals surface area contributed by atoms with Crippen LogP contribution >= 0.6 is 0 Å². The summed E-state index contributed by atoms with van der Waals surface area (Å²) in [4.78, 5) is 10.3. The minimum Gasteiger partial charge on any atom is -0.393 e. The Morgan fingerprint density at radius 3 is 2.14 bits per heavy atom. The smallest absolute Gasteiger partial charge is 0.119 e. The zero-order chi connectivity index (χ0) is 20.6. The largest absolute Gasteiger partial charge is 0.393 e. The maximum atomic E-state index is 11.8. The van der Waals surface area contributed by atoms with Gasteiger partial charge < -0.3 is 20.1 Å². The highest BCUT2D eigenvalue weighted by Gasteiger charge is 2.40. The molecule has 0 aromatic rings. The number of unbranched alkanes of at least 4 members (excludes halogenated alkanes) is 4. The number of hydrogen-bond donors (Lipinski definition) is 3. The van der Waals surface area contributed by atoms with E-state index >= 15 is 0 Å². The van der Waals surface area contributed by atoms with Gasteiger partial charge in [-0.2, -0.15) is 0 Å². The zero-order valence-electron chi connectivity index (χ0n) is 16.6. The van der Waals surface area contributed by atoms with E-state index in [1.807, 2.05) is 0 Å². The van der Waals surface area contributed by atoms with E-state index in [0.29, 0.717) is 32.0 Å². The van der Waals surface area contributed by atoms with Crippen molar-refractivity contribution >= 4 is 6.29 Å².